The van der Waals surface area contributed by atoms with E-state index >= 15 is 0 Å². The van der Waals surface area contributed by atoms with Crippen molar-refractivity contribution in [2.24, 2.45) is 5.92 Å². The Morgan fingerprint density at radius 1 is 1.20 bits per heavy atom. The highest BCUT2D eigenvalue weighted by Crippen LogP contribution is 2.34. The molecule has 1 fully saturated rings. The SMILES string of the molecule is CCCCOCCCNC(=O)[C@H](C)NC(=O)N1C[C@@H]2C[C@@H](C1)c1cccc(=O)n1C2. The van der Waals surface area contributed by atoms with Crippen LogP contribution in [0, 0.1) is 5.92 Å². The van der Waals surface area contributed by atoms with Gasteiger partial charge in [0.25, 0.3) is 5.56 Å². The fourth-order valence-electron chi connectivity index (χ4n) is 4.29. The molecule has 0 aromatic carbocycles. The molecule has 1 saturated heterocycles. The van der Waals surface area contributed by atoms with Crippen molar-refractivity contribution in [1.82, 2.24) is 20.1 Å². The van der Waals surface area contributed by atoms with Gasteiger partial charge in [-0.1, -0.05) is 19.4 Å². The molecule has 1 aromatic rings. The number of carbonyl (C=O) groups is 2. The van der Waals surface area contributed by atoms with Gasteiger partial charge in [-0.2, -0.15) is 0 Å². The van der Waals surface area contributed by atoms with Crippen molar-refractivity contribution in [2.75, 3.05) is 32.8 Å². The number of likely N-dealkylation sites (tertiary alicyclic amines) is 1. The first-order chi connectivity index (χ1) is 14.5. The van der Waals surface area contributed by atoms with Gasteiger partial charge in [0.1, 0.15) is 6.04 Å². The number of nitrogens with zero attached hydrogens (tertiary/aromatic N) is 2. The van der Waals surface area contributed by atoms with Crippen molar-refractivity contribution < 1.29 is 14.3 Å². The predicted molar refractivity (Wildman–Crippen MR) is 114 cm³/mol. The minimum atomic E-state index is -0.602. The summed E-state index contributed by atoms with van der Waals surface area (Å²) in [6.07, 6.45) is 3.90. The number of pyridine rings is 1. The Morgan fingerprint density at radius 3 is 2.80 bits per heavy atom. The number of carbonyl (C=O) groups excluding carboxylic acids is 2. The molecule has 8 heteroatoms. The van der Waals surface area contributed by atoms with Gasteiger partial charge < -0.3 is 24.8 Å². The lowest BCUT2D eigenvalue weighted by Gasteiger charge is -2.42. The Labute approximate surface area is 178 Å². The van der Waals surface area contributed by atoms with Gasteiger partial charge in [0.05, 0.1) is 0 Å². The third-order valence-electron chi connectivity index (χ3n) is 5.91. The molecule has 2 N–H and O–H groups in total. The molecule has 0 radical (unpaired) electrons. The molecule has 3 heterocycles. The number of hydrogen-bond donors (Lipinski definition) is 2. The molecule has 166 valence electrons. The maximum absolute atomic E-state index is 12.7. The van der Waals surface area contributed by atoms with Crippen molar-refractivity contribution in [2.45, 2.75) is 58.0 Å². The highest BCUT2D eigenvalue weighted by Gasteiger charge is 2.36. The van der Waals surface area contributed by atoms with Crippen LogP contribution in [-0.4, -0.2) is 60.3 Å². The summed E-state index contributed by atoms with van der Waals surface area (Å²) in [6.45, 7) is 7.55. The zero-order valence-corrected chi connectivity index (χ0v) is 18.1. The monoisotopic (exact) mass is 418 g/mol. The molecule has 0 saturated carbocycles. The van der Waals surface area contributed by atoms with Crippen molar-refractivity contribution in [1.29, 1.82) is 0 Å². The molecule has 0 aliphatic carbocycles. The van der Waals surface area contributed by atoms with Gasteiger partial charge in [-0.05, 0) is 38.2 Å². The summed E-state index contributed by atoms with van der Waals surface area (Å²) in [7, 11) is 0. The van der Waals surface area contributed by atoms with Crippen LogP contribution in [0.4, 0.5) is 4.79 Å². The highest BCUT2D eigenvalue weighted by atomic mass is 16.5. The Balaban J connectivity index is 1.44. The number of amides is 3. The number of fused-ring (bicyclic) bond motifs is 4. The topological polar surface area (TPSA) is 92.7 Å². The number of piperidine rings is 1. The number of rotatable bonds is 9. The van der Waals surface area contributed by atoms with E-state index in [1.54, 1.807) is 24.0 Å². The third-order valence-corrected chi connectivity index (χ3v) is 5.91. The van der Waals surface area contributed by atoms with E-state index in [-0.39, 0.29) is 29.3 Å². The lowest BCUT2D eigenvalue weighted by Crippen LogP contribution is -2.55. The van der Waals surface area contributed by atoms with Crippen LogP contribution in [0.3, 0.4) is 0 Å². The van der Waals surface area contributed by atoms with Crippen LogP contribution in [0.15, 0.2) is 23.0 Å². The second-order valence-electron chi connectivity index (χ2n) is 8.38. The summed E-state index contributed by atoms with van der Waals surface area (Å²) >= 11 is 0. The van der Waals surface area contributed by atoms with Crippen LogP contribution in [0.5, 0.6) is 0 Å². The second-order valence-corrected chi connectivity index (χ2v) is 8.38. The molecule has 3 rings (SSSR count). The summed E-state index contributed by atoms with van der Waals surface area (Å²) in [5.41, 5.74) is 1.03. The van der Waals surface area contributed by atoms with Crippen LogP contribution in [0.2, 0.25) is 0 Å². The lowest BCUT2D eigenvalue weighted by molar-refractivity contribution is -0.122. The summed E-state index contributed by atoms with van der Waals surface area (Å²) < 4.78 is 7.32. The first-order valence-corrected chi connectivity index (χ1v) is 11.1. The molecule has 30 heavy (non-hydrogen) atoms. The van der Waals surface area contributed by atoms with E-state index in [0.717, 1.165) is 38.0 Å². The van der Waals surface area contributed by atoms with E-state index in [9.17, 15) is 14.4 Å². The van der Waals surface area contributed by atoms with Gasteiger partial charge in [0.2, 0.25) is 5.91 Å². The van der Waals surface area contributed by atoms with Gasteiger partial charge in [-0.25, -0.2) is 4.79 Å². The Kier molecular flexibility index (Phi) is 7.90. The predicted octanol–water partition coefficient (Wildman–Crippen LogP) is 1.69. The van der Waals surface area contributed by atoms with Crippen LogP contribution in [-0.2, 0) is 16.1 Å². The standard InChI is InChI=1S/C22H34N4O4/c1-3-4-10-30-11-6-9-23-21(28)16(2)24-22(29)25-13-17-12-18(15-25)19-7-5-8-20(27)26(19)14-17/h5,7-8,16-18H,3-4,6,9-15H2,1-2H3,(H,23,28)(H,24,29)/t16-,17-,18-/m0/s1. The van der Waals surface area contributed by atoms with Gasteiger partial charge in [-0.3, -0.25) is 9.59 Å². The zero-order valence-electron chi connectivity index (χ0n) is 18.1. The maximum Gasteiger partial charge on any atom is 0.318 e. The first kappa shape index (κ1) is 22.3. The zero-order chi connectivity index (χ0) is 21.5. The number of hydrogen-bond acceptors (Lipinski definition) is 4. The number of ether oxygens (including phenoxy) is 1. The van der Waals surface area contributed by atoms with Crippen molar-refractivity contribution in [3.63, 3.8) is 0 Å². The van der Waals surface area contributed by atoms with Gasteiger partial charge in [-0.15, -0.1) is 0 Å². The van der Waals surface area contributed by atoms with Crippen molar-refractivity contribution >= 4 is 11.9 Å². The molecule has 1 aromatic heterocycles. The molecule has 2 aliphatic heterocycles. The van der Waals surface area contributed by atoms with E-state index < -0.39 is 6.04 Å². The summed E-state index contributed by atoms with van der Waals surface area (Å²) in [5.74, 6) is 0.235. The third kappa shape index (κ3) is 5.62. The summed E-state index contributed by atoms with van der Waals surface area (Å²) in [5, 5.41) is 5.67. The quantitative estimate of drug-likeness (QED) is 0.597. The average Bonchev–Trinajstić information content (AvgIpc) is 2.73. The van der Waals surface area contributed by atoms with Gasteiger partial charge in [0, 0.05) is 57.1 Å². The fraction of sp³-hybridized carbons (Fsp3) is 0.682. The molecule has 2 aliphatic rings. The van der Waals surface area contributed by atoms with E-state index in [4.69, 9.17) is 4.74 Å². The molecule has 8 nitrogen and oxygen atoms in total. The maximum atomic E-state index is 12.7. The van der Waals surface area contributed by atoms with E-state index in [1.165, 1.54) is 0 Å². The van der Waals surface area contributed by atoms with Crippen molar-refractivity contribution in [3.05, 3.63) is 34.2 Å². The molecule has 0 spiro atoms. The molecular formula is C22H34N4O4. The van der Waals surface area contributed by atoms with Gasteiger partial charge in [0.15, 0.2) is 0 Å². The average molecular weight is 419 g/mol. The Hall–Kier alpha value is -2.35. The summed E-state index contributed by atoms with van der Waals surface area (Å²) in [6, 6.07) is 4.53. The normalized spacial score (nSPS) is 20.9. The van der Waals surface area contributed by atoms with E-state index in [0.29, 0.717) is 32.8 Å². The van der Waals surface area contributed by atoms with Crippen molar-refractivity contribution in [3.8, 4) is 0 Å². The molecular weight excluding hydrogens is 384 g/mol. The van der Waals surface area contributed by atoms with Gasteiger partial charge >= 0.3 is 6.03 Å². The molecule has 2 bridgehead atoms. The number of unbranched alkanes of at least 4 members (excludes halogenated alkanes) is 1. The largest absolute Gasteiger partial charge is 0.381 e. The highest BCUT2D eigenvalue weighted by molar-refractivity contribution is 5.86. The van der Waals surface area contributed by atoms with E-state index in [2.05, 4.69) is 17.6 Å². The lowest BCUT2D eigenvalue weighted by atomic mass is 9.83. The molecule has 0 unspecified atom stereocenters. The van der Waals surface area contributed by atoms with Crippen LogP contribution in [0.1, 0.15) is 51.1 Å². The molecule has 3 atom stereocenters. The number of urea groups is 1. The fourth-order valence-corrected chi connectivity index (χ4v) is 4.29. The smallest absolute Gasteiger partial charge is 0.318 e. The minimum absolute atomic E-state index is 0.0289. The van der Waals surface area contributed by atoms with Crippen LogP contribution >= 0.6 is 0 Å². The number of aromatic nitrogens is 1. The van der Waals surface area contributed by atoms with Crippen LogP contribution < -0.4 is 16.2 Å². The first-order valence-electron chi connectivity index (χ1n) is 11.1. The van der Waals surface area contributed by atoms with E-state index in [1.807, 2.05) is 10.6 Å². The van der Waals surface area contributed by atoms with Crippen LogP contribution in [0.25, 0.3) is 0 Å². The Bertz CT molecular complexity index is 794. The second kappa shape index (κ2) is 10.6. The number of nitrogens with one attached hydrogen (secondary N) is 2. The Morgan fingerprint density at radius 2 is 2.00 bits per heavy atom. The minimum Gasteiger partial charge on any atom is -0.381 e. The molecule has 3 amide bonds. The summed E-state index contributed by atoms with van der Waals surface area (Å²) in [4.78, 5) is 38.9.